The van der Waals surface area contributed by atoms with Crippen LogP contribution in [-0.2, 0) is 0 Å². The zero-order valence-corrected chi connectivity index (χ0v) is 9.68. The Kier molecular flexibility index (Phi) is 3.34. The summed E-state index contributed by atoms with van der Waals surface area (Å²) in [6.07, 6.45) is 0. The molecule has 0 N–H and O–H groups in total. The minimum atomic E-state index is -4.29. The highest BCUT2D eigenvalue weighted by Gasteiger charge is 2.29. The van der Waals surface area contributed by atoms with Crippen LogP contribution in [0.2, 0.25) is 0 Å². The molecule has 0 aliphatic rings. The molecule has 0 amide bonds. The highest BCUT2D eigenvalue weighted by atomic mass is 32.2. The van der Waals surface area contributed by atoms with Gasteiger partial charge in [0.2, 0.25) is 5.76 Å². The summed E-state index contributed by atoms with van der Waals surface area (Å²) in [5.41, 5.74) is -3.66. The Morgan fingerprint density at radius 1 is 1.06 bits per heavy atom. The average Bonchev–Trinajstić information content (AvgIpc) is 2.76. The molecule has 2 nitrogen and oxygen atoms in total. The highest BCUT2D eigenvalue weighted by Crippen LogP contribution is 2.37. The molecule has 92 valence electrons. The van der Waals surface area contributed by atoms with E-state index < -0.39 is 5.51 Å². The average molecular weight is 269 g/mol. The lowest BCUT2D eigenvalue weighted by molar-refractivity contribution is -0.0328. The van der Waals surface area contributed by atoms with Crippen LogP contribution < -0.4 is 0 Å². The minimum Gasteiger partial charge on any atom is -0.446 e. The minimum absolute atomic E-state index is 0.110. The van der Waals surface area contributed by atoms with E-state index in [0.29, 0.717) is 11.3 Å². The van der Waals surface area contributed by atoms with Crippen molar-refractivity contribution in [1.29, 1.82) is 5.26 Å². The maximum absolute atomic E-state index is 12.1. The van der Waals surface area contributed by atoms with Crippen molar-refractivity contribution in [3.63, 3.8) is 0 Å². The van der Waals surface area contributed by atoms with Gasteiger partial charge >= 0.3 is 5.51 Å². The number of thioether (sulfide) groups is 1. The van der Waals surface area contributed by atoms with Crippen molar-refractivity contribution >= 4 is 11.8 Å². The third-order valence-electron chi connectivity index (χ3n) is 2.09. The van der Waals surface area contributed by atoms with Gasteiger partial charge in [0.15, 0.2) is 0 Å². The molecule has 0 radical (unpaired) electrons. The van der Waals surface area contributed by atoms with Crippen LogP contribution in [0.4, 0.5) is 13.2 Å². The molecule has 2 rings (SSSR count). The van der Waals surface area contributed by atoms with Gasteiger partial charge in [0, 0.05) is 10.5 Å². The standard InChI is InChI=1S/C12H6F3NOS/c13-12(14,15)18-10-4-1-8(2-5-10)11-6-3-9(7-16)17-11/h1-6H. The van der Waals surface area contributed by atoms with Crippen LogP contribution in [0.15, 0.2) is 45.7 Å². The van der Waals surface area contributed by atoms with Gasteiger partial charge in [0.1, 0.15) is 11.8 Å². The van der Waals surface area contributed by atoms with Crippen molar-refractivity contribution in [2.24, 2.45) is 0 Å². The topological polar surface area (TPSA) is 36.9 Å². The number of rotatable bonds is 2. The zero-order chi connectivity index (χ0) is 13.2. The van der Waals surface area contributed by atoms with Gasteiger partial charge in [-0.05, 0) is 36.0 Å². The van der Waals surface area contributed by atoms with Crippen LogP contribution in [-0.4, -0.2) is 5.51 Å². The van der Waals surface area contributed by atoms with Gasteiger partial charge in [-0.25, -0.2) is 0 Å². The van der Waals surface area contributed by atoms with Crippen LogP contribution in [0.5, 0.6) is 0 Å². The van der Waals surface area contributed by atoms with Crippen LogP contribution in [0, 0.1) is 11.3 Å². The number of nitrogens with zero attached hydrogens (tertiary/aromatic N) is 1. The fourth-order valence-electron chi connectivity index (χ4n) is 1.37. The summed E-state index contributed by atoms with van der Waals surface area (Å²) in [6.45, 7) is 0. The number of alkyl halides is 3. The number of nitriles is 1. The van der Waals surface area contributed by atoms with Crippen molar-refractivity contribution in [1.82, 2.24) is 0 Å². The van der Waals surface area contributed by atoms with E-state index in [1.165, 1.54) is 30.3 Å². The molecule has 0 aliphatic carbocycles. The third-order valence-corrected chi connectivity index (χ3v) is 2.83. The van der Waals surface area contributed by atoms with Gasteiger partial charge < -0.3 is 4.42 Å². The first-order valence-electron chi connectivity index (χ1n) is 4.84. The SMILES string of the molecule is N#Cc1ccc(-c2ccc(SC(F)(F)F)cc2)o1. The molecular formula is C12H6F3NOS. The Hall–Kier alpha value is -1.87. The molecule has 1 aromatic carbocycles. The molecule has 0 bridgehead atoms. The summed E-state index contributed by atoms with van der Waals surface area (Å²) in [5.74, 6) is 0.619. The van der Waals surface area contributed by atoms with Gasteiger partial charge in [-0.1, -0.05) is 12.1 Å². The molecule has 1 aromatic heterocycles. The Morgan fingerprint density at radius 3 is 2.22 bits per heavy atom. The van der Waals surface area contributed by atoms with Gasteiger partial charge in [0.05, 0.1) is 0 Å². The van der Waals surface area contributed by atoms with E-state index in [4.69, 9.17) is 9.68 Å². The lowest BCUT2D eigenvalue weighted by atomic mass is 10.2. The number of halogens is 3. The Bertz CT molecular complexity index is 581. The molecule has 0 fully saturated rings. The van der Waals surface area contributed by atoms with E-state index in [-0.39, 0.29) is 22.4 Å². The number of hydrogen-bond acceptors (Lipinski definition) is 3. The number of hydrogen-bond donors (Lipinski definition) is 0. The smallest absolute Gasteiger partial charge is 0.446 e. The first kappa shape index (κ1) is 12.6. The Balaban J connectivity index is 2.20. The van der Waals surface area contributed by atoms with Gasteiger partial charge in [0.25, 0.3) is 0 Å². The molecule has 0 saturated heterocycles. The normalized spacial score (nSPS) is 11.2. The van der Waals surface area contributed by atoms with E-state index in [2.05, 4.69) is 0 Å². The highest BCUT2D eigenvalue weighted by molar-refractivity contribution is 8.00. The maximum Gasteiger partial charge on any atom is 0.446 e. The van der Waals surface area contributed by atoms with E-state index >= 15 is 0 Å². The lowest BCUT2D eigenvalue weighted by Gasteiger charge is -2.05. The molecule has 1 heterocycles. The van der Waals surface area contributed by atoms with Crippen LogP contribution in [0.25, 0.3) is 11.3 Å². The fourth-order valence-corrected chi connectivity index (χ4v) is 1.91. The molecule has 0 saturated carbocycles. The van der Waals surface area contributed by atoms with Gasteiger partial charge in [-0.2, -0.15) is 18.4 Å². The summed E-state index contributed by atoms with van der Waals surface area (Å²) < 4.78 is 41.5. The summed E-state index contributed by atoms with van der Waals surface area (Å²) in [7, 11) is 0. The molecule has 0 atom stereocenters. The van der Waals surface area contributed by atoms with Crippen LogP contribution in [0.1, 0.15) is 5.76 Å². The molecule has 6 heteroatoms. The second kappa shape index (κ2) is 4.78. The predicted octanol–water partition coefficient (Wildman–Crippen LogP) is 4.43. The second-order valence-electron chi connectivity index (χ2n) is 3.35. The van der Waals surface area contributed by atoms with Gasteiger partial charge in [-0.3, -0.25) is 0 Å². The summed E-state index contributed by atoms with van der Waals surface area (Å²) in [6, 6.07) is 10.7. The first-order valence-corrected chi connectivity index (χ1v) is 5.66. The Labute approximate surface area is 105 Å². The fraction of sp³-hybridized carbons (Fsp3) is 0.0833. The summed E-state index contributed by atoms with van der Waals surface area (Å²) in [4.78, 5) is 0.110. The molecule has 0 unspecified atom stereocenters. The largest absolute Gasteiger partial charge is 0.446 e. The molecule has 0 spiro atoms. The summed E-state index contributed by atoms with van der Waals surface area (Å²) >= 11 is -0.169. The van der Waals surface area contributed by atoms with Crippen LogP contribution >= 0.6 is 11.8 Å². The van der Waals surface area contributed by atoms with Crippen molar-refractivity contribution in [2.75, 3.05) is 0 Å². The molecule has 0 aliphatic heterocycles. The maximum atomic E-state index is 12.1. The predicted molar refractivity (Wildman–Crippen MR) is 60.8 cm³/mol. The quantitative estimate of drug-likeness (QED) is 0.757. The van der Waals surface area contributed by atoms with Crippen molar-refractivity contribution in [3.8, 4) is 17.4 Å². The molecule has 2 aromatic rings. The lowest BCUT2D eigenvalue weighted by Crippen LogP contribution is -1.98. The monoisotopic (exact) mass is 269 g/mol. The third kappa shape index (κ3) is 3.08. The van der Waals surface area contributed by atoms with E-state index in [0.717, 1.165) is 0 Å². The van der Waals surface area contributed by atoms with Gasteiger partial charge in [-0.15, -0.1) is 0 Å². The zero-order valence-electron chi connectivity index (χ0n) is 8.86. The van der Waals surface area contributed by atoms with E-state index in [9.17, 15) is 13.2 Å². The molecular weight excluding hydrogens is 263 g/mol. The Morgan fingerprint density at radius 2 is 1.72 bits per heavy atom. The first-order chi connectivity index (χ1) is 8.48. The number of furan rings is 1. The summed E-state index contributed by atoms with van der Waals surface area (Å²) in [5, 5.41) is 8.60. The van der Waals surface area contributed by atoms with E-state index in [1.54, 1.807) is 6.07 Å². The van der Waals surface area contributed by atoms with Crippen LogP contribution in [0.3, 0.4) is 0 Å². The second-order valence-corrected chi connectivity index (χ2v) is 4.49. The molecule has 18 heavy (non-hydrogen) atoms. The number of benzene rings is 1. The van der Waals surface area contributed by atoms with Crippen molar-refractivity contribution in [2.45, 2.75) is 10.4 Å². The van der Waals surface area contributed by atoms with Crippen molar-refractivity contribution in [3.05, 3.63) is 42.2 Å². The van der Waals surface area contributed by atoms with E-state index in [1.807, 2.05) is 6.07 Å². The van der Waals surface area contributed by atoms with Crippen molar-refractivity contribution < 1.29 is 17.6 Å².